The molecule has 0 aliphatic carbocycles. The second kappa shape index (κ2) is 6.37. The van der Waals surface area contributed by atoms with Crippen molar-refractivity contribution < 1.29 is 4.79 Å². The first-order chi connectivity index (χ1) is 10.8. The SMILES string of the molecule is N#Cc1cccc(NC(=O)C2NNNC2c2ccccc2)c1. The number of benzene rings is 2. The van der Waals surface area contributed by atoms with Crippen molar-refractivity contribution in [2.45, 2.75) is 12.1 Å². The van der Waals surface area contributed by atoms with E-state index in [4.69, 9.17) is 5.26 Å². The molecular formula is C16H15N5O. The highest BCUT2D eigenvalue weighted by molar-refractivity contribution is 5.95. The Hall–Kier alpha value is -2.72. The van der Waals surface area contributed by atoms with Crippen LogP contribution in [0.15, 0.2) is 54.6 Å². The van der Waals surface area contributed by atoms with Crippen LogP contribution < -0.4 is 21.7 Å². The van der Waals surface area contributed by atoms with Gasteiger partial charge in [-0.15, -0.1) is 0 Å². The van der Waals surface area contributed by atoms with Gasteiger partial charge in [0.2, 0.25) is 5.91 Å². The Morgan fingerprint density at radius 2 is 1.91 bits per heavy atom. The third-order valence-electron chi connectivity index (χ3n) is 3.49. The maximum atomic E-state index is 12.5. The molecule has 2 unspecified atom stereocenters. The summed E-state index contributed by atoms with van der Waals surface area (Å²) in [5.74, 6) is -0.179. The lowest BCUT2D eigenvalue weighted by molar-refractivity contribution is -0.118. The number of anilines is 1. The number of rotatable bonds is 3. The first-order valence-electron chi connectivity index (χ1n) is 6.90. The Morgan fingerprint density at radius 1 is 1.09 bits per heavy atom. The smallest absolute Gasteiger partial charge is 0.244 e. The molecule has 22 heavy (non-hydrogen) atoms. The van der Waals surface area contributed by atoms with Crippen LogP contribution in [0.25, 0.3) is 0 Å². The van der Waals surface area contributed by atoms with Crippen LogP contribution in [0.1, 0.15) is 17.2 Å². The van der Waals surface area contributed by atoms with E-state index in [1.165, 1.54) is 0 Å². The van der Waals surface area contributed by atoms with Crippen molar-refractivity contribution >= 4 is 11.6 Å². The van der Waals surface area contributed by atoms with Crippen molar-refractivity contribution in [2.75, 3.05) is 5.32 Å². The van der Waals surface area contributed by atoms with E-state index in [9.17, 15) is 4.79 Å². The molecule has 1 heterocycles. The second-order valence-corrected chi connectivity index (χ2v) is 4.96. The predicted octanol–water partition coefficient (Wildman–Crippen LogP) is 1.22. The molecule has 1 aliphatic heterocycles. The third-order valence-corrected chi connectivity index (χ3v) is 3.49. The fourth-order valence-corrected chi connectivity index (χ4v) is 2.40. The molecule has 1 fully saturated rings. The highest BCUT2D eigenvalue weighted by Gasteiger charge is 2.33. The fraction of sp³-hybridized carbons (Fsp3) is 0.125. The number of carbonyl (C=O) groups is 1. The van der Waals surface area contributed by atoms with Crippen molar-refractivity contribution in [1.29, 1.82) is 5.26 Å². The lowest BCUT2D eigenvalue weighted by atomic mass is 10.0. The first-order valence-corrected chi connectivity index (χ1v) is 6.90. The topological polar surface area (TPSA) is 89.0 Å². The van der Waals surface area contributed by atoms with Crippen LogP contribution in [0.5, 0.6) is 0 Å². The molecule has 0 saturated carbocycles. The van der Waals surface area contributed by atoms with Gasteiger partial charge in [-0.2, -0.15) is 10.8 Å². The summed E-state index contributed by atoms with van der Waals surface area (Å²) in [5, 5.41) is 11.7. The van der Waals surface area contributed by atoms with Crippen LogP contribution in [-0.4, -0.2) is 11.9 Å². The van der Waals surface area contributed by atoms with Gasteiger partial charge in [0.1, 0.15) is 6.04 Å². The second-order valence-electron chi connectivity index (χ2n) is 4.96. The molecule has 3 rings (SSSR count). The normalized spacial score (nSPS) is 20.3. The van der Waals surface area contributed by atoms with E-state index < -0.39 is 6.04 Å². The van der Waals surface area contributed by atoms with Gasteiger partial charge in [0.05, 0.1) is 17.7 Å². The highest BCUT2D eigenvalue weighted by atomic mass is 16.2. The van der Waals surface area contributed by atoms with Crippen molar-refractivity contribution in [3.63, 3.8) is 0 Å². The fourth-order valence-electron chi connectivity index (χ4n) is 2.40. The van der Waals surface area contributed by atoms with Gasteiger partial charge in [0, 0.05) is 5.69 Å². The summed E-state index contributed by atoms with van der Waals surface area (Å²) in [6.45, 7) is 0. The van der Waals surface area contributed by atoms with Crippen molar-refractivity contribution in [1.82, 2.24) is 16.4 Å². The zero-order chi connectivity index (χ0) is 15.4. The monoisotopic (exact) mass is 293 g/mol. The van der Waals surface area contributed by atoms with E-state index in [0.717, 1.165) is 5.56 Å². The number of nitrogens with one attached hydrogen (secondary N) is 4. The maximum absolute atomic E-state index is 12.5. The Labute approximate surface area is 128 Å². The van der Waals surface area contributed by atoms with Gasteiger partial charge in [-0.25, -0.2) is 10.9 Å². The van der Waals surface area contributed by atoms with E-state index in [1.807, 2.05) is 30.3 Å². The lowest BCUT2D eigenvalue weighted by Crippen LogP contribution is -2.41. The molecule has 0 spiro atoms. The minimum absolute atomic E-state index is 0.179. The zero-order valence-corrected chi connectivity index (χ0v) is 11.7. The van der Waals surface area contributed by atoms with Crippen LogP contribution in [0, 0.1) is 11.3 Å². The highest BCUT2D eigenvalue weighted by Crippen LogP contribution is 2.20. The summed E-state index contributed by atoms with van der Waals surface area (Å²) in [7, 11) is 0. The Balaban J connectivity index is 1.75. The van der Waals surface area contributed by atoms with E-state index in [0.29, 0.717) is 11.3 Å². The molecule has 1 saturated heterocycles. The van der Waals surface area contributed by atoms with Gasteiger partial charge in [0.15, 0.2) is 0 Å². The molecule has 4 N–H and O–H groups in total. The predicted molar refractivity (Wildman–Crippen MR) is 82.2 cm³/mol. The average molecular weight is 293 g/mol. The summed E-state index contributed by atoms with van der Waals surface area (Å²) in [6, 6.07) is 18.0. The first kappa shape index (κ1) is 14.2. The molecule has 2 aromatic rings. The van der Waals surface area contributed by atoms with E-state index in [2.05, 4.69) is 27.8 Å². The molecule has 2 aromatic carbocycles. The molecule has 0 aromatic heterocycles. The van der Waals surface area contributed by atoms with E-state index in [1.54, 1.807) is 24.3 Å². The van der Waals surface area contributed by atoms with Gasteiger partial charge in [-0.1, -0.05) is 36.4 Å². The molecular weight excluding hydrogens is 278 g/mol. The Kier molecular flexibility index (Phi) is 4.12. The van der Waals surface area contributed by atoms with Crippen LogP contribution in [0.3, 0.4) is 0 Å². The minimum atomic E-state index is -0.465. The number of nitriles is 1. The Bertz CT molecular complexity index is 710. The summed E-state index contributed by atoms with van der Waals surface area (Å²) < 4.78 is 0. The number of hydrogen-bond donors (Lipinski definition) is 4. The van der Waals surface area contributed by atoms with Gasteiger partial charge in [-0.3, -0.25) is 4.79 Å². The minimum Gasteiger partial charge on any atom is -0.325 e. The van der Waals surface area contributed by atoms with Gasteiger partial charge in [-0.05, 0) is 23.8 Å². The quantitative estimate of drug-likeness (QED) is 0.683. The van der Waals surface area contributed by atoms with Crippen molar-refractivity contribution in [2.24, 2.45) is 0 Å². The average Bonchev–Trinajstić information content (AvgIpc) is 3.05. The van der Waals surface area contributed by atoms with E-state index in [-0.39, 0.29) is 11.9 Å². The van der Waals surface area contributed by atoms with Crippen LogP contribution in [-0.2, 0) is 4.79 Å². The summed E-state index contributed by atoms with van der Waals surface area (Å²) in [5.41, 5.74) is 10.9. The maximum Gasteiger partial charge on any atom is 0.244 e. The van der Waals surface area contributed by atoms with Crippen molar-refractivity contribution in [3.8, 4) is 6.07 Å². The zero-order valence-electron chi connectivity index (χ0n) is 11.7. The van der Waals surface area contributed by atoms with Gasteiger partial charge < -0.3 is 5.32 Å². The molecule has 6 heteroatoms. The summed E-state index contributed by atoms with van der Waals surface area (Å²) in [6.07, 6.45) is 0. The van der Waals surface area contributed by atoms with Gasteiger partial charge >= 0.3 is 0 Å². The number of hydrazine groups is 2. The van der Waals surface area contributed by atoms with Gasteiger partial charge in [0.25, 0.3) is 0 Å². The molecule has 6 nitrogen and oxygen atoms in total. The van der Waals surface area contributed by atoms with Crippen molar-refractivity contribution in [3.05, 3.63) is 65.7 Å². The standard InChI is InChI=1S/C16H15N5O/c17-10-11-5-4-8-13(9-11)18-16(22)15-14(19-21-20-15)12-6-2-1-3-7-12/h1-9,14-15,19-21H,(H,18,22). The Morgan fingerprint density at radius 3 is 2.68 bits per heavy atom. The number of amides is 1. The molecule has 110 valence electrons. The molecule has 1 amide bonds. The largest absolute Gasteiger partial charge is 0.325 e. The summed E-state index contributed by atoms with van der Waals surface area (Å²) >= 11 is 0. The summed E-state index contributed by atoms with van der Waals surface area (Å²) in [4.78, 5) is 12.5. The molecule has 2 atom stereocenters. The van der Waals surface area contributed by atoms with Crippen LogP contribution in [0.2, 0.25) is 0 Å². The van der Waals surface area contributed by atoms with Crippen LogP contribution >= 0.6 is 0 Å². The third kappa shape index (κ3) is 2.97. The molecule has 1 aliphatic rings. The molecule has 0 radical (unpaired) electrons. The molecule has 0 bridgehead atoms. The van der Waals surface area contributed by atoms with Crippen LogP contribution in [0.4, 0.5) is 5.69 Å². The lowest BCUT2D eigenvalue weighted by Gasteiger charge is -2.18. The number of hydrogen-bond acceptors (Lipinski definition) is 5. The van der Waals surface area contributed by atoms with E-state index >= 15 is 0 Å². The number of nitrogens with zero attached hydrogens (tertiary/aromatic N) is 1. The number of carbonyl (C=O) groups excluding carboxylic acids is 1.